The van der Waals surface area contributed by atoms with Gasteiger partial charge in [0.05, 0.1) is 12.5 Å². The van der Waals surface area contributed by atoms with Crippen molar-refractivity contribution in [2.45, 2.75) is 6.61 Å². The summed E-state index contributed by atoms with van der Waals surface area (Å²) in [4.78, 5) is 7.73. The first-order valence-electron chi connectivity index (χ1n) is 4.55. The highest BCUT2D eigenvalue weighted by Gasteiger charge is 2.14. The number of hydrogen-bond acceptors (Lipinski definition) is 4. The lowest BCUT2D eigenvalue weighted by molar-refractivity contribution is -0.0489. The number of methoxy groups -OCH3 is 1. The predicted molar refractivity (Wildman–Crippen MR) is 57.7 cm³/mol. The van der Waals surface area contributed by atoms with Gasteiger partial charge in [0.2, 0.25) is 5.88 Å². The van der Waals surface area contributed by atoms with Crippen molar-refractivity contribution in [2.75, 3.05) is 7.11 Å². The second-order valence-electron chi connectivity index (χ2n) is 3.06. The fraction of sp³-hybridized carbons (Fsp3) is 0.200. The van der Waals surface area contributed by atoms with Crippen LogP contribution in [-0.2, 0) is 0 Å². The largest absolute Gasteiger partial charge is 0.480 e. The van der Waals surface area contributed by atoms with Gasteiger partial charge in [-0.3, -0.25) is 0 Å². The highest BCUT2D eigenvalue weighted by molar-refractivity contribution is 6.31. The molecule has 1 aromatic heterocycles. The second-order valence-corrected chi connectivity index (χ2v) is 3.50. The summed E-state index contributed by atoms with van der Waals surface area (Å²) in [5, 5.41) is 0.652. The van der Waals surface area contributed by atoms with E-state index in [9.17, 15) is 8.78 Å². The van der Waals surface area contributed by atoms with Gasteiger partial charge in [-0.25, -0.2) is 9.97 Å². The average Bonchev–Trinajstić information content (AvgIpc) is 2.27. The molecule has 7 heteroatoms. The lowest BCUT2D eigenvalue weighted by Gasteiger charge is -2.09. The number of nitrogens with zero attached hydrogens (tertiary/aromatic N) is 2. The molecule has 0 bridgehead atoms. The van der Waals surface area contributed by atoms with E-state index in [4.69, 9.17) is 16.3 Å². The summed E-state index contributed by atoms with van der Waals surface area (Å²) in [7, 11) is 1.41. The van der Waals surface area contributed by atoms with Gasteiger partial charge in [-0.05, 0) is 6.07 Å². The van der Waals surface area contributed by atoms with Crippen LogP contribution in [-0.4, -0.2) is 23.7 Å². The van der Waals surface area contributed by atoms with Gasteiger partial charge >= 0.3 is 6.61 Å². The van der Waals surface area contributed by atoms with Gasteiger partial charge in [0.15, 0.2) is 5.75 Å². The number of rotatable bonds is 3. The second kappa shape index (κ2) is 4.67. The van der Waals surface area contributed by atoms with Gasteiger partial charge in [-0.1, -0.05) is 11.6 Å². The van der Waals surface area contributed by atoms with Crippen molar-refractivity contribution in [2.24, 2.45) is 0 Å². The first-order chi connectivity index (χ1) is 8.11. The molecule has 0 amide bonds. The Bertz CT molecular complexity index is 551. The molecule has 0 fully saturated rings. The van der Waals surface area contributed by atoms with Crippen molar-refractivity contribution in [3.05, 3.63) is 23.5 Å². The number of ether oxygens (including phenoxy) is 2. The molecule has 0 saturated carbocycles. The Labute approximate surface area is 100 Å². The van der Waals surface area contributed by atoms with Gasteiger partial charge in [0, 0.05) is 11.1 Å². The maximum atomic E-state index is 12.2. The minimum absolute atomic E-state index is 0.108. The fourth-order valence-electron chi connectivity index (χ4n) is 1.43. The molecule has 0 radical (unpaired) electrons. The molecule has 0 spiro atoms. The van der Waals surface area contributed by atoms with Gasteiger partial charge in [-0.2, -0.15) is 8.78 Å². The molecule has 4 nitrogen and oxygen atoms in total. The first-order valence-corrected chi connectivity index (χ1v) is 4.92. The molecule has 1 heterocycles. The SMILES string of the molecule is COc1ncnc2c(OC(F)F)cc(Cl)cc12. The van der Waals surface area contributed by atoms with Crippen molar-refractivity contribution >= 4 is 22.5 Å². The van der Waals surface area contributed by atoms with Crippen molar-refractivity contribution in [1.82, 2.24) is 9.97 Å². The summed E-state index contributed by atoms with van der Waals surface area (Å²) in [5.41, 5.74) is 0.224. The lowest BCUT2D eigenvalue weighted by atomic mass is 10.2. The number of halogens is 3. The zero-order valence-corrected chi connectivity index (χ0v) is 9.41. The van der Waals surface area contributed by atoms with Crippen LogP contribution >= 0.6 is 11.6 Å². The molecule has 0 aliphatic carbocycles. The van der Waals surface area contributed by atoms with Crippen molar-refractivity contribution < 1.29 is 18.3 Å². The Kier molecular flexibility index (Phi) is 3.23. The molecular formula is C10H7ClF2N2O2. The molecule has 90 valence electrons. The van der Waals surface area contributed by atoms with Crippen LogP contribution in [0.25, 0.3) is 10.9 Å². The van der Waals surface area contributed by atoms with Crippen LogP contribution in [0.15, 0.2) is 18.5 Å². The van der Waals surface area contributed by atoms with E-state index >= 15 is 0 Å². The van der Waals surface area contributed by atoms with Crippen molar-refractivity contribution in [1.29, 1.82) is 0 Å². The normalized spacial score (nSPS) is 10.9. The summed E-state index contributed by atoms with van der Waals surface area (Å²) < 4.78 is 33.8. The summed E-state index contributed by atoms with van der Waals surface area (Å²) in [6, 6.07) is 2.79. The molecule has 1 aromatic carbocycles. The van der Waals surface area contributed by atoms with E-state index in [0.717, 1.165) is 0 Å². The lowest BCUT2D eigenvalue weighted by Crippen LogP contribution is -2.03. The Morgan fingerprint density at radius 3 is 2.71 bits per heavy atom. The summed E-state index contributed by atoms with van der Waals surface area (Å²) in [6.45, 7) is -2.95. The van der Waals surface area contributed by atoms with Gasteiger partial charge in [0.25, 0.3) is 0 Å². The molecule has 0 aliphatic rings. The van der Waals surface area contributed by atoms with Gasteiger partial charge < -0.3 is 9.47 Å². The summed E-state index contributed by atoms with van der Waals surface area (Å²) in [5.74, 6) is 0.139. The maximum Gasteiger partial charge on any atom is 0.387 e. The van der Waals surface area contributed by atoms with E-state index in [-0.39, 0.29) is 22.2 Å². The summed E-state index contributed by atoms with van der Waals surface area (Å²) >= 11 is 5.80. The Morgan fingerprint density at radius 2 is 2.06 bits per heavy atom. The molecule has 0 atom stereocenters. The third-order valence-electron chi connectivity index (χ3n) is 2.04. The van der Waals surface area contributed by atoms with Crippen LogP contribution in [0.3, 0.4) is 0 Å². The van der Waals surface area contributed by atoms with Crippen LogP contribution in [0, 0.1) is 0 Å². The third kappa shape index (κ3) is 2.36. The van der Waals surface area contributed by atoms with E-state index in [0.29, 0.717) is 5.39 Å². The minimum atomic E-state index is -2.95. The fourth-order valence-corrected chi connectivity index (χ4v) is 1.64. The van der Waals surface area contributed by atoms with E-state index < -0.39 is 6.61 Å². The predicted octanol–water partition coefficient (Wildman–Crippen LogP) is 2.89. The van der Waals surface area contributed by atoms with E-state index in [2.05, 4.69) is 14.7 Å². The Balaban J connectivity index is 2.67. The van der Waals surface area contributed by atoms with Crippen LogP contribution in [0.5, 0.6) is 11.6 Å². The van der Waals surface area contributed by atoms with E-state index in [1.165, 1.54) is 25.6 Å². The molecule has 0 unspecified atom stereocenters. The number of hydrogen-bond donors (Lipinski definition) is 0. The molecule has 2 rings (SSSR count). The minimum Gasteiger partial charge on any atom is -0.480 e. The third-order valence-corrected chi connectivity index (χ3v) is 2.26. The zero-order chi connectivity index (χ0) is 12.4. The molecular weight excluding hydrogens is 254 g/mol. The van der Waals surface area contributed by atoms with Crippen LogP contribution in [0.4, 0.5) is 8.78 Å². The van der Waals surface area contributed by atoms with Crippen molar-refractivity contribution in [3.8, 4) is 11.6 Å². The highest BCUT2D eigenvalue weighted by atomic mass is 35.5. The summed E-state index contributed by atoms with van der Waals surface area (Å²) in [6.07, 6.45) is 1.20. The average molecular weight is 261 g/mol. The monoisotopic (exact) mass is 260 g/mol. The molecule has 0 saturated heterocycles. The molecule has 2 aromatic rings. The van der Waals surface area contributed by atoms with Crippen LogP contribution < -0.4 is 9.47 Å². The Hall–Kier alpha value is -1.69. The topological polar surface area (TPSA) is 44.2 Å². The van der Waals surface area contributed by atoms with Crippen LogP contribution in [0.2, 0.25) is 5.02 Å². The number of alkyl halides is 2. The van der Waals surface area contributed by atoms with E-state index in [1.54, 1.807) is 0 Å². The number of benzene rings is 1. The number of aromatic nitrogens is 2. The Morgan fingerprint density at radius 1 is 1.29 bits per heavy atom. The number of fused-ring (bicyclic) bond motifs is 1. The molecule has 0 N–H and O–H groups in total. The van der Waals surface area contributed by atoms with Crippen molar-refractivity contribution in [3.63, 3.8) is 0 Å². The maximum absolute atomic E-state index is 12.2. The van der Waals surface area contributed by atoms with Gasteiger partial charge in [-0.15, -0.1) is 0 Å². The van der Waals surface area contributed by atoms with Gasteiger partial charge in [0.1, 0.15) is 11.8 Å². The molecule has 17 heavy (non-hydrogen) atoms. The smallest absolute Gasteiger partial charge is 0.387 e. The quantitative estimate of drug-likeness (QED) is 0.851. The standard InChI is InChI=1S/C10H7ClF2N2O2/c1-16-9-6-2-5(11)3-7(17-10(12)13)8(6)14-4-15-9/h2-4,10H,1H3. The van der Waals surface area contributed by atoms with Crippen LogP contribution in [0.1, 0.15) is 0 Å². The van der Waals surface area contributed by atoms with E-state index in [1.807, 2.05) is 0 Å². The zero-order valence-electron chi connectivity index (χ0n) is 8.65. The highest BCUT2D eigenvalue weighted by Crippen LogP contribution is 2.33. The first kappa shape index (κ1) is 11.8. The molecule has 0 aliphatic heterocycles.